The lowest BCUT2D eigenvalue weighted by molar-refractivity contribution is 0.102. The van der Waals surface area contributed by atoms with E-state index >= 15 is 0 Å². The highest BCUT2D eigenvalue weighted by Crippen LogP contribution is 2.24. The van der Waals surface area contributed by atoms with Crippen LogP contribution in [0.5, 0.6) is 5.75 Å². The topological polar surface area (TPSA) is 64.3 Å². The molecule has 0 fully saturated rings. The predicted octanol–water partition coefficient (Wildman–Crippen LogP) is 3.43. The van der Waals surface area contributed by atoms with E-state index in [4.69, 9.17) is 10.5 Å². The molecule has 104 valence electrons. The van der Waals surface area contributed by atoms with Crippen LogP contribution in [0, 0.1) is 5.82 Å². The summed E-state index contributed by atoms with van der Waals surface area (Å²) >= 11 is 3.22. The van der Waals surface area contributed by atoms with Gasteiger partial charge >= 0.3 is 0 Å². The fourth-order valence-corrected chi connectivity index (χ4v) is 2.00. The maximum absolute atomic E-state index is 13.6. The Morgan fingerprint density at radius 3 is 2.75 bits per heavy atom. The first kappa shape index (κ1) is 14.3. The molecule has 6 heteroatoms. The highest BCUT2D eigenvalue weighted by atomic mass is 79.9. The van der Waals surface area contributed by atoms with Crippen LogP contribution in [-0.4, -0.2) is 13.0 Å². The second-order valence-corrected chi connectivity index (χ2v) is 4.95. The van der Waals surface area contributed by atoms with Crippen molar-refractivity contribution in [3.63, 3.8) is 0 Å². The average molecular weight is 339 g/mol. The summed E-state index contributed by atoms with van der Waals surface area (Å²) < 4.78 is 19.3. The van der Waals surface area contributed by atoms with Gasteiger partial charge in [-0.25, -0.2) is 4.39 Å². The number of nitrogens with one attached hydrogen (secondary N) is 1. The number of hydrogen-bond acceptors (Lipinski definition) is 3. The van der Waals surface area contributed by atoms with Crippen LogP contribution in [0.1, 0.15) is 10.4 Å². The lowest BCUT2D eigenvalue weighted by Crippen LogP contribution is -2.13. The summed E-state index contributed by atoms with van der Waals surface area (Å²) in [5.41, 5.74) is 6.53. The maximum Gasteiger partial charge on any atom is 0.255 e. The Bertz CT molecular complexity index is 662. The fraction of sp³-hybridized carbons (Fsp3) is 0.0714. The average Bonchev–Trinajstić information content (AvgIpc) is 2.43. The number of nitrogens with two attached hydrogens (primary N) is 1. The molecule has 1 amide bonds. The molecule has 0 radical (unpaired) electrons. The van der Waals surface area contributed by atoms with Gasteiger partial charge in [-0.1, -0.05) is 15.9 Å². The molecule has 2 aromatic carbocycles. The first-order valence-corrected chi connectivity index (χ1v) is 6.50. The van der Waals surface area contributed by atoms with Crippen LogP contribution in [0.3, 0.4) is 0 Å². The Labute approximate surface area is 123 Å². The summed E-state index contributed by atoms with van der Waals surface area (Å²) in [5.74, 6) is -0.559. The molecular weight excluding hydrogens is 327 g/mol. The molecule has 0 aromatic heterocycles. The van der Waals surface area contributed by atoms with E-state index in [-0.39, 0.29) is 5.69 Å². The molecule has 0 aliphatic carbocycles. The van der Waals surface area contributed by atoms with Crippen molar-refractivity contribution in [2.75, 3.05) is 18.2 Å². The lowest BCUT2D eigenvalue weighted by Gasteiger charge is -2.09. The second-order valence-electron chi connectivity index (χ2n) is 4.04. The van der Waals surface area contributed by atoms with Crippen LogP contribution in [0.15, 0.2) is 40.9 Å². The molecule has 0 bridgehead atoms. The van der Waals surface area contributed by atoms with E-state index in [9.17, 15) is 9.18 Å². The molecule has 0 saturated carbocycles. The van der Waals surface area contributed by atoms with Gasteiger partial charge in [-0.3, -0.25) is 4.79 Å². The van der Waals surface area contributed by atoms with E-state index in [0.717, 1.165) is 0 Å². The molecule has 0 atom stereocenters. The van der Waals surface area contributed by atoms with E-state index in [0.29, 0.717) is 21.5 Å². The molecule has 20 heavy (non-hydrogen) atoms. The maximum atomic E-state index is 13.6. The molecule has 2 rings (SSSR count). The minimum atomic E-state index is -0.510. The van der Waals surface area contributed by atoms with Gasteiger partial charge < -0.3 is 15.8 Å². The van der Waals surface area contributed by atoms with Gasteiger partial charge in [0.15, 0.2) is 0 Å². The van der Waals surface area contributed by atoms with Gasteiger partial charge in [-0.15, -0.1) is 0 Å². The summed E-state index contributed by atoms with van der Waals surface area (Å²) in [6, 6.07) is 8.91. The summed E-state index contributed by atoms with van der Waals surface area (Å²) in [6.07, 6.45) is 0. The smallest absolute Gasteiger partial charge is 0.255 e. The van der Waals surface area contributed by atoms with Crippen molar-refractivity contribution in [2.45, 2.75) is 0 Å². The number of nitrogen functional groups attached to an aromatic ring is 1. The number of halogens is 2. The van der Waals surface area contributed by atoms with E-state index in [2.05, 4.69) is 21.2 Å². The quantitative estimate of drug-likeness (QED) is 0.842. The third kappa shape index (κ3) is 3.08. The minimum absolute atomic E-state index is 0.0974. The SMILES string of the molecule is COc1cc(C(=O)Nc2cc(Br)ccc2F)ccc1N. The second kappa shape index (κ2) is 5.92. The van der Waals surface area contributed by atoms with Gasteiger partial charge in [-0.05, 0) is 36.4 Å². The van der Waals surface area contributed by atoms with Gasteiger partial charge in [0, 0.05) is 10.0 Å². The molecule has 0 unspecified atom stereocenters. The number of ether oxygens (including phenoxy) is 1. The van der Waals surface area contributed by atoms with Gasteiger partial charge in [0.25, 0.3) is 5.91 Å². The van der Waals surface area contributed by atoms with E-state index in [1.807, 2.05) is 0 Å². The molecule has 4 nitrogen and oxygen atoms in total. The van der Waals surface area contributed by atoms with Crippen molar-refractivity contribution in [2.24, 2.45) is 0 Å². The zero-order valence-electron chi connectivity index (χ0n) is 10.6. The van der Waals surface area contributed by atoms with Gasteiger partial charge in [-0.2, -0.15) is 0 Å². The number of methoxy groups -OCH3 is 1. The summed E-state index contributed by atoms with van der Waals surface area (Å²) in [7, 11) is 1.46. The van der Waals surface area contributed by atoms with E-state index in [1.54, 1.807) is 18.2 Å². The summed E-state index contributed by atoms with van der Waals surface area (Å²) in [5, 5.41) is 2.50. The first-order chi connectivity index (χ1) is 9.51. The van der Waals surface area contributed by atoms with Crippen LogP contribution in [0.2, 0.25) is 0 Å². The molecule has 2 aromatic rings. The third-order valence-corrected chi connectivity index (χ3v) is 3.17. The number of amides is 1. The highest BCUT2D eigenvalue weighted by molar-refractivity contribution is 9.10. The Kier molecular flexibility index (Phi) is 4.24. The molecule has 0 aliphatic rings. The van der Waals surface area contributed by atoms with Crippen molar-refractivity contribution in [3.05, 3.63) is 52.3 Å². The van der Waals surface area contributed by atoms with Crippen molar-refractivity contribution in [3.8, 4) is 5.75 Å². The van der Waals surface area contributed by atoms with Gasteiger partial charge in [0.1, 0.15) is 11.6 Å². The molecule has 0 spiro atoms. The summed E-state index contributed by atoms with van der Waals surface area (Å²) in [4.78, 5) is 12.1. The monoisotopic (exact) mass is 338 g/mol. The number of hydrogen-bond donors (Lipinski definition) is 2. The normalized spacial score (nSPS) is 10.2. The van der Waals surface area contributed by atoms with Crippen molar-refractivity contribution < 1.29 is 13.9 Å². The molecule has 3 N–H and O–H groups in total. The number of anilines is 2. The zero-order chi connectivity index (χ0) is 14.7. The first-order valence-electron chi connectivity index (χ1n) is 5.71. The van der Waals surface area contributed by atoms with Gasteiger partial charge in [0.2, 0.25) is 0 Å². The van der Waals surface area contributed by atoms with Crippen LogP contribution in [0.25, 0.3) is 0 Å². The van der Waals surface area contributed by atoms with Crippen LogP contribution < -0.4 is 15.8 Å². The van der Waals surface area contributed by atoms with Crippen molar-refractivity contribution >= 4 is 33.2 Å². The van der Waals surface area contributed by atoms with Crippen molar-refractivity contribution in [1.29, 1.82) is 0 Å². The van der Waals surface area contributed by atoms with Crippen LogP contribution in [-0.2, 0) is 0 Å². The predicted molar refractivity (Wildman–Crippen MR) is 79.5 cm³/mol. The Morgan fingerprint density at radius 2 is 2.05 bits per heavy atom. The lowest BCUT2D eigenvalue weighted by atomic mass is 10.1. The Morgan fingerprint density at radius 1 is 1.30 bits per heavy atom. The van der Waals surface area contributed by atoms with E-state index in [1.165, 1.54) is 25.3 Å². The molecule has 0 aliphatic heterocycles. The third-order valence-electron chi connectivity index (χ3n) is 2.67. The molecule has 0 saturated heterocycles. The Balaban J connectivity index is 2.26. The largest absolute Gasteiger partial charge is 0.495 e. The van der Waals surface area contributed by atoms with E-state index < -0.39 is 11.7 Å². The summed E-state index contributed by atoms with van der Waals surface area (Å²) in [6.45, 7) is 0. The zero-order valence-corrected chi connectivity index (χ0v) is 12.2. The molecular formula is C14H12BrFN2O2. The minimum Gasteiger partial charge on any atom is -0.495 e. The van der Waals surface area contributed by atoms with Gasteiger partial charge in [0.05, 0.1) is 18.5 Å². The molecule has 0 heterocycles. The highest BCUT2D eigenvalue weighted by Gasteiger charge is 2.11. The van der Waals surface area contributed by atoms with Crippen LogP contribution >= 0.6 is 15.9 Å². The fourth-order valence-electron chi connectivity index (χ4n) is 1.64. The van der Waals surface area contributed by atoms with Crippen LogP contribution in [0.4, 0.5) is 15.8 Å². The number of carbonyl (C=O) groups is 1. The van der Waals surface area contributed by atoms with Crippen molar-refractivity contribution in [1.82, 2.24) is 0 Å². The number of benzene rings is 2. The number of carbonyl (C=O) groups excluding carboxylic acids is 1. The number of rotatable bonds is 3. The Hall–Kier alpha value is -2.08. The standard InChI is InChI=1S/C14H12BrFN2O2/c1-20-13-6-8(2-5-11(13)17)14(19)18-12-7-9(15)3-4-10(12)16/h2-7H,17H2,1H3,(H,18,19).